The molecular formula is C19H20ClN5OS. The van der Waals surface area contributed by atoms with Crippen LogP contribution in [0.15, 0.2) is 53.8 Å². The van der Waals surface area contributed by atoms with Gasteiger partial charge in [0.1, 0.15) is 5.69 Å². The van der Waals surface area contributed by atoms with Gasteiger partial charge in [-0.3, -0.25) is 14.3 Å². The van der Waals surface area contributed by atoms with E-state index < -0.39 is 0 Å². The number of para-hydroxylation sites is 1. The molecule has 0 spiro atoms. The number of benzene rings is 1. The fourth-order valence-electron chi connectivity index (χ4n) is 2.67. The third-order valence-electron chi connectivity index (χ3n) is 4.06. The van der Waals surface area contributed by atoms with E-state index in [9.17, 15) is 4.79 Å². The molecule has 0 N–H and O–H groups in total. The van der Waals surface area contributed by atoms with E-state index in [0.717, 1.165) is 5.69 Å². The Morgan fingerprint density at radius 1 is 1.11 bits per heavy atom. The number of aromatic nitrogens is 4. The van der Waals surface area contributed by atoms with Crippen molar-refractivity contribution in [2.45, 2.75) is 19.0 Å². The van der Waals surface area contributed by atoms with Crippen LogP contribution in [0, 0.1) is 0 Å². The number of amides is 1. The summed E-state index contributed by atoms with van der Waals surface area (Å²) < 4.78 is 1.85. The highest BCUT2D eigenvalue weighted by Gasteiger charge is 2.20. The summed E-state index contributed by atoms with van der Waals surface area (Å²) in [6, 6.07) is 13.1. The number of thioether (sulfide) groups is 1. The van der Waals surface area contributed by atoms with Gasteiger partial charge in [0.25, 0.3) is 0 Å². The zero-order chi connectivity index (χ0) is 19.2. The largest absolute Gasteiger partial charge is 0.343 e. The molecule has 27 heavy (non-hydrogen) atoms. The topological polar surface area (TPSA) is 63.9 Å². The summed E-state index contributed by atoms with van der Waals surface area (Å²) in [7, 11) is 0. The van der Waals surface area contributed by atoms with E-state index in [1.54, 1.807) is 11.1 Å². The van der Waals surface area contributed by atoms with Gasteiger partial charge >= 0.3 is 0 Å². The molecule has 0 aliphatic rings. The number of carbonyl (C=O) groups is 1. The van der Waals surface area contributed by atoms with Gasteiger partial charge in [-0.25, -0.2) is 0 Å². The van der Waals surface area contributed by atoms with Crippen LogP contribution in [0.2, 0.25) is 5.02 Å². The maximum Gasteiger partial charge on any atom is 0.233 e. The lowest BCUT2D eigenvalue weighted by Crippen LogP contribution is -2.31. The molecule has 1 aromatic carbocycles. The Bertz CT molecular complexity index is 911. The van der Waals surface area contributed by atoms with Crippen LogP contribution in [0.1, 0.15) is 13.8 Å². The third kappa shape index (κ3) is 4.31. The summed E-state index contributed by atoms with van der Waals surface area (Å²) in [6.45, 7) is 5.31. The van der Waals surface area contributed by atoms with Crippen LogP contribution in [0.4, 0.5) is 0 Å². The predicted octanol–water partition coefficient (Wildman–Crippen LogP) is 3.94. The zero-order valence-corrected chi connectivity index (χ0v) is 16.7. The van der Waals surface area contributed by atoms with Crippen molar-refractivity contribution in [1.29, 1.82) is 0 Å². The third-order valence-corrected chi connectivity index (χ3v) is 5.29. The highest BCUT2D eigenvalue weighted by Crippen LogP contribution is 2.30. The Morgan fingerprint density at radius 2 is 1.85 bits per heavy atom. The van der Waals surface area contributed by atoms with Gasteiger partial charge < -0.3 is 4.90 Å². The molecule has 0 saturated carbocycles. The van der Waals surface area contributed by atoms with E-state index in [2.05, 4.69) is 15.2 Å². The number of halogens is 1. The van der Waals surface area contributed by atoms with Crippen molar-refractivity contribution < 1.29 is 4.79 Å². The van der Waals surface area contributed by atoms with Crippen molar-refractivity contribution in [3.8, 4) is 17.2 Å². The minimum Gasteiger partial charge on any atom is -0.343 e. The van der Waals surface area contributed by atoms with Crippen LogP contribution in [-0.2, 0) is 4.79 Å². The molecule has 0 bridgehead atoms. The molecule has 2 heterocycles. The summed E-state index contributed by atoms with van der Waals surface area (Å²) in [5, 5.41) is 9.79. The molecule has 2 aromatic heterocycles. The van der Waals surface area contributed by atoms with Gasteiger partial charge in [-0.05, 0) is 38.1 Å². The summed E-state index contributed by atoms with van der Waals surface area (Å²) in [4.78, 5) is 18.6. The second-order valence-corrected chi connectivity index (χ2v) is 7.01. The van der Waals surface area contributed by atoms with E-state index in [1.165, 1.54) is 11.8 Å². The summed E-state index contributed by atoms with van der Waals surface area (Å²) >= 11 is 7.77. The van der Waals surface area contributed by atoms with E-state index >= 15 is 0 Å². The van der Waals surface area contributed by atoms with Crippen molar-refractivity contribution in [3.63, 3.8) is 0 Å². The van der Waals surface area contributed by atoms with Crippen LogP contribution in [0.25, 0.3) is 17.2 Å². The van der Waals surface area contributed by atoms with E-state index in [4.69, 9.17) is 11.6 Å². The van der Waals surface area contributed by atoms with E-state index in [-0.39, 0.29) is 11.7 Å². The number of rotatable bonds is 7. The van der Waals surface area contributed by atoms with Crippen molar-refractivity contribution in [3.05, 3.63) is 53.7 Å². The molecule has 0 fully saturated rings. The van der Waals surface area contributed by atoms with Gasteiger partial charge in [0.05, 0.1) is 16.5 Å². The number of hydrogen-bond acceptors (Lipinski definition) is 5. The van der Waals surface area contributed by atoms with Gasteiger partial charge in [-0.15, -0.1) is 10.2 Å². The first-order valence-electron chi connectivity index (χ1n) is 8.68. The minimum absolute atomic E-state index is 0.0677. The quantitative estimate of drug-likeness (QED) is 0.561. The van der Waals surface area contributed by atoms with Crippen LogP contribution in [0.3, 0.4) is 0 Å². The van der Waals surface area contributed by atoms with Gasteiger partial charge in [-0.2, -0.15) is 0 Å². The van der Waals surface area contributed by atoms with Gasteiger partial charge in [0.2, 0.25) is 5.91 Å². The number of hydrogen-bond donors (Lipinski definition) is 0. The SMILES string of the molecule is CCN(CC)C(=O)CSc1nnc(-c2ccccn2)n1-c1ccccc1Cl. The summed E-state index contributed by atoms with van der Waals surface area (Å²) in [6.07, 6.45) is 1.71. The molecule has 0 aliphatic carbocycles. The summed E-state index contributed by atoms with van der Waals surface area (Å²) in [5.41, 5.74) is 1.44. The maximum absolute atomic E-state index is 12.4. The van der Waals surface area contributed by atoms with Crippen molar-refractivity contribution in [2.24, 2.45) is 0 Å². The molecule has 0 radical (unpaired) electrons. The van der Waals surface area contributed by atoms with E-state index in [0.29, 0.717) is 34.8 Å². The smallest absolute Gasteiger partial charge is 0.233 e. The Morgan fingerprint density at radius 3 is 2.52 bits per heavy atom. The van der Waals surface area contributed by atoms with Crippen LogP contribution in [-0.4, -0.2) is 49.4 Å². The fourth-order valence-corrected chi connectivity index (χ4v) is 3.74. The maximum atomic E-state index is 12.4. The number of nitrogens with zero attached hydrogens (tertiary/aromatic N) is 5. The second-order valence-electron chi connectivity index (χ2n) is 5.66. The van der Waals surface area contributed by atoms with Crippen LogP contribution in [0.5, 0.6) is 0 Å². The monoisotopic (exact) mass is 401 g/mol. The second kappa shape index (κ2) is 9.01. The molecule has 3 aromatic rings. The van der Waals surface area contributed by atoms with Crippen LogP contribution < -0.4 is 0 Å². The Kier molecular flexibility index (Phi) is 6.47. The standard InChI is InChI=1S/C19H20ClN5OS/c1-3-24(4-2)17(26)13-27-19-23-22-18(15-10-7-8-12-21-15)25(19)16-11-6-5-9-14(16)20/h5-12H,3-4,13H2,1-2H3. The lowest BCUT2D eigenvalue weighted by atomic mass is 10.3. The molecule has 140 valence electrons. The Balaban J connectivity index is 1.99. The molecule has 1 amide bonds. The zero-order valence-electron chi connectivity index (χ0n) is 15.2. The molecule has 0 aliphatic heterocycles. The average molecular weight is 402 g/mol. The molecule has 3 rings (SSSR count). The first-order chi connectivity index (χ1) is 13.2. The highest BCUT2D eigenvalue weighted by atomic mass is 35.5. The minimum atomic E-state index is 0.0677. The first kappa shape index (κ1) is 19.4. The van der Waals surface area contributed by atoms with Crippen LogP contribution >= 0.6 is 23.4 Å². The molecule has 0 atom stereocenters. The molecule has 0 saturated heterocycles. The number of carbonyl (C=O) groups excluding carboxylic acids is 1. The molecular weight excluding hydrogens is 382 g/mol. The van der Waals surface area contributed by atoms with Gasteiger partial charge in [-0.1, -0.05) is 41.6 Å². The summed E-state index contributed by atoms with van der Waals surface area (Å²) in [5.74, 6) is 0.937. The van der Waals surface area contributed by atoms with Gasteiger partial charge in [0.15, 0.2) is 11.0 Å². The van der Waals surface area contributed by atoms with Crippen molar-refractivity contribution >= 4 is 29.3 Å². The normalized spacial score (nSPS) is 10.8. The lowest BCUT2D eigenvalue weighted by Gasteiger charge is -2.18. The molecule has 8 heteroatoms. The first-order valence-corrected chi connectivity index (χ1v) is 10.0. The Labute approximate surface area is 167 Å². The number of pyridine rings is 1. The van der Waals surface area contributed by atoms with Crippen molar-refractivity contribution in [1.82, 2.24) is 24.6 Å². The molecule has 6 nitrogen and oxygen atoms in total. The van der Waals surface area contributed by atoms with E-state index in [1.807, 2.05) is 60.9 Å². The highest BCUT2D eigenvalue weighted by molar-refractivity contribution is 7.99. The van der Waals surface area contributed by atoms with Crippen molar-refractivity contribution in [2.75, 3.05) is 18.8 Å². The lowest BCUT2D eigenvalue weighted by molar-refractivity contribution is -0.127. The predicted molar refractivity (Wildman–Crippen MR) is 108 cm³/mol. The average Bonchev–Trinajstić information content (AvgIpc) is 3.12. The fraction of sp³-hybridized carbons (Fsp3) is 0.263. The Hall–Kier alpha value is -2.38. The molecule has 0 unspecified atom stereocenters. The van der Waals surface area contributed by atoms with Gasteiger partial charge in [0, 0.05) is 19.3 Å².